The Morgan fingerprint density at radius 2 is 1.12 bits per heavy atom. The molecule has 0 aliphatic carbocycles. The van der Waals surface area contributed by atoms with Gasteiger partial charge in [-0.3, -0.25) is 86.3 Å². The highest BCUT2D eigenvalue weighted by molar-refractivity contribution is 7.89. The van der Waals surface area contributed by atoms with E-state index in [1.54, 1.807) is 30.5 Å². The van der Waals surface area contributed by atoms with Crippen molar-refractivity contribution in [1.29, 1.82) is 0 Å². The number of nitrogens with one attached hydrogen (secondary N) is 16. The van der Waals surface area contributed by atoms with E-state index in [0.717, 1.165) is 77.1 Å². The number of sulfonamides is 1. The molecule has 1 fully saturated rings. The summed E-state index contributed by atoms with van der Waals surface area (Å²) in [6, 6.07) is -1.45. The molecule has 0 bridgehead atoms. The smallest absolute Gasteiger partial charge is 0.416 e. The molecule has 6 rings (SSSR count). The predicted molar refractivity (Wildman–Crippen MR) is 474 cm³/mol. The van der Waals surface area contributed by atoms with E-state index in [-0.39, 0.29) is 60.6 Å². The second-order valence-corrected chi connectivity index (χ2v) is 34.0. The Morgan fingerprint density at radius 3 is 1.74 bits per heavy atom. The molecule has 0 radical (unpaired) electrons. The van der Waals surface area contributed by atoms with Gasteiger partial charge in [0.05, 0.1) is 55.8 Å². The van der Waals surface area contributed by atoms with E-state index in [0.29, 0.717) is 34.9 Å². The van der Waals surface area contributed by atoms with Gasteiger partial charge in [-0.2, -0.15) is 13.2 Å². The molecule has 0 unspecified atom stereocenters. The first kappa shape index (κ1) is 111. The number of carboxylic acids is 3. The van der Waals surface area contributed by atoms with Crippen molar-refractivity contribution in [2.75, 3.05) is 38.6 Å². The van der Waals surface area contributed by atoms with Crippen LogP contribution < -0.4 is 90.6 Å². The number of carboxylic acid groups (broad SMARTS) is 3. The number of H-pyrrole nitrogens is 1. The summed E-state index contributed by atoms with van der Waals surface area (Å²) < 4.78 is 74.0. The molecule has 0 saturated carbocycles. The summed E-state index contributed by atoms with van der Waals surface area (Å²) in [6.07, 6.45) is -6.56. The lowest BCUT2D eigenvalue weighted by Gasteiger charge is -2.30. The van der Waals surface area contributed by atoms with Crippen LogP contribution >= 0.6 is 0 Å². The van der Waals surface area contributed by atoms with Crippen molar-refractivity contribution < 1.29 is 143 Å². The summed E-state index contributed by atoms with van der Waals surface area (Å²) in [5.41, 5.74) is 12.2. The van der Waals surface area contributed by atoms with Crippen molar-refractivity contribution in [3.63, 3.8) is 0 Å². The molecule has 2 heterocycles. The number of anilines is 1. The van der Waals surface area contributed by atoms with Gasteiger partial charge in [0.2, 0.25) is 92.7 Å². The highest BCUT2D eigenvalue weighted by Crippen LogP contribution is 2.30. The molecule has 5 aromatic rings. The molecule has 1 aromatic heterocycles. The van der Waals surface area contributed by atoms with E-state index < -0.39 is 284 Å². The lowest BCUT2D eigenvalue weighted by atomic mass is 9.96. The number of benzene rings is 4. The first-order valence-corrected chi connectivity index (χ1v) is 44.9. The standard InChI is InChI=1S/C87H115F3N18O27S/c1-5-6-7-8-9-10-11-22-68(113)100-60(35-51-42-94-57-20-15-13-17-54(51)57)81(127)104-61(37-67(92)112)82(128)102-59(31-33-109)79(125)108-75-48(4)135-86(132)64(36-66(111)55-18-12-14-19-56(55)91)106-85(131)74(46(2)34-71(116)117)107-83(129)65(45-110)101-70(115)43-95-77(123)62(38-72(118)119)103-76(122)47(3)98-80(126)63(39-73(120)121)105-78(124)58(99-69(114)44-96-84(75)130)21-16-32-93-40-49-25-29-53(30-26-49)136(133,134)97-41-50-23-27-52(28-24-50)87(88,89)90/h12-15,17-20,23-30,42,46-48,58-65,74-75,93-94,97,109-110H,5-11,16,21-22,31-41,43-45,91H2,1-4H3,(H2,92,112)(H,95,123)(H,96,130)(H,98,126)(H,99,114)(H,100,113)(H,101,115)(H,102,128)(H,103,122)(H,104,127)(H,105,124)(H,106,131)(H,107,129)(H,108,125)(H,116,117)(H,118,119)(H,120,121)/t46-,47-,48-,58+,59+,60+,61+,62+,63+,64+,65-,74+,75+/m1/s1. The predicted octanol–water partition coefficient (Wildman–Crippen LogP) is -2.39. The number of nitrogen functional groups attached to an aromatic ring is 1. The number of aromatic nitrogens is 1. The number of esters is 1. The number of carbonyl (C=O) groups is 19. The SMILES string of the molecule is CCCCCCCCCC(=O)N[C@@H](Cc1c[nH]c2ccccc12)C(=O)N[C@@H](CC(N)=O)C(=O)N[C@@H](CCO)C(=O)N[C@@H]1C(=O)NCC(=O)N[C@@H](CCCNCc2ccc(S(=O)(=O)NCc3ccc(C(F)(F)F)cc3)cc2)C(=O)N[C@@H](CC(=O)O)C(=O)N[C@H](C)C(=O)N[C@@H](CC(=O)O)C(=O)NCC(=O)N[C@H](CO)C(=O)N[C@@H]([C@H](C)CC(=O)O)C(=O)N[C@@H](CC(=O)c2ccccc2N)C(=O)O[C@@H]1C. The second kappa shape index (κ2) is 54.3. The molecular weight excluding hydrogens is 1820 g/mol. The Hall–Kier alpha value is -14.1. The number of aliphatic carboxylic acids is 3. The molecule has 1 aliphatic rings. The van der Waals surface area contributed by atoms with Crippen molar-refractivity contribution in [2.24, 2.45) is 11.7 Å². The number of amides is 14. The van der Waals surface area contributed by atoms with Crippen LogP contribution in [-0.2, 0) is 127 Å². The van der Waals surface area contributed by atoms with Crippen LogP contribution in [0.15, 0.2) is 108 Å². The molecule has 25 N–H and O–H groups in total. The van der Waals surface area contributed by atoms with Gasteiger partial charge in [-0.15, -0.1) is 0 Å². The summed E-state index contributed by atoms with van der Waals surface area (Å²) in [4.78, 5) is 268. The number of carbonyl (C=O) groups excluding carboxylic acids is 16. The van der Waals surface area contributed by atoms with E-state index in [1.807, 2.05) is 16.0 Å². The second-order valence-electron chi connectivity index (χ2n) is 32.2. The summed E-state index contributed by atoms with van der Waals surface area (Å²) >= 11 is 0. The van der Waals surface area contributed by atoms with Crippen molar-refractivity contribution in [1.82, 2.24) is 84.1 Å². The third-order valence-corrected chi connectivity index (χ3v) is 22.8. The average Bonchev–Trinajstić information content (AvgIpc) is 1.41. The van der Waals surface area contributed by atoms with Crippen molar-refractivity contribution in [3.8, 4) is 0 Å². The number of rotatable bonds is 42. The molecule has 4 aromatic carbocycles. The van der Waals surface area contributed by atoms with Crippen LogP contribution in [0, 0.1) is 5.92 Å². The van der Waals surface area contributed by atoms with E-state index in [4.69, 9.17) is 16.2 Å². The fourth-order valence-corrected chi connectivity index (χ4v) is 15.0. The largest absolute Gasteiger partial charge is 0.481 e. The zero-order valence-electron chi connectivity index (χ0n) is 74.7. The Bertz CT molecular complexity index is 5200. The van der Waals surface area contributed by atoms with Crippen LogP contribution in [0.2, 0.25) is 0 Å². The van der Waals surface area contributed by atoms with Crippen LogP contribution in [0.5, 0.6) is 0 Å². The summed E-state index contributed by atoms with van der Waals surface area (Å²) in [5.74, 6) is -27.8. The average molecular weight is 1930 g/mol. The minimum absolute atomic E-state index is 0.0142. The molecule has 13 atom stereocenters. The number of fused-ring (bicyclic) bond motifs is 1. The number of aliphatic hydroxyl groups is 2. The maximum atomic E-state index is 15.1. The van der Waals surface area contributed by atoms with Crippen molar-refractivity contribution in [2.45, 2.75) is 234 Å². The van der Waals surface area contributed by atoms with Gasteiger partial charge < -0.3 is 121 Å². The minimum atomic E-state index is -4.64. The minimum Gasteiger partial charge on any atom is -0.481 e. The topological polar surface area (TPSA) is 717 Å². The van der Waals surface area contributed by atoms with Crippen molar-refractivity contribution >= 4 is 139 Å². The van der Waals surface area contributed by atoms with Gasteiger partial charge in [0, 0.05) is 67.3 Å². The van der Waals surface area contributed by atoms with Gasteiger partial charge in [0.25, 0.3) is 0 Å². The number of Topliss-reactive ketones (excluding diaryl/α,β-unsaturated/α-hetero) is 1. The van der Waals surface area contributed by atoms with Gasteiger partial charge in [0.1, 0.15) is 72.6 Å². The molecule has 1 aliphatic heterocycles. The Balaban J connectivity index is 1.40. The van der Waals surface area contributed by atoms with Gasteiger partial charge >= 0.3 is 30.1 Å². The first-order valence-electron chi connectivity index (χ1n) is 43.4. The number of primary amides is 1. The lowest BCUT2D eigenvalue weighted by Crippen LogP contribution is -2.61. The molecular formula is C87H115F3N18O27S. The number of alkyl halides is 3. The summed E-state index contributed by atoms with van der Waals surface area (Å²) in [6.45, 7) is -0.265. The van der Waals surface area contributed by atoms with E-state index in [9.17, 15) is 129 Å². The number of unbranched alkanes of at least 4 members (excludes halogenated alkanes) is 6. The number of ketones is 1. The van der Waals surface area contributed by atoms with Gasteiger partial charge in [-0.1, -0.05) is 107 Å². The monoisotopic (exact) mass is 1930 g/mol. The lowest BCUT2D eigenvalue weighted by molar-refractivity contribution is -0.156. The third-order valence-electron chi connectivity index (χ3n) is 21.4. The van der Waals surface area contributed by atoms with Gasteiger partial charge in [-0.25, -0.2) is 17.9 Å². The maximum Gasteiger partial charge on any atom is 0.416 e. The number of halogens is 3. The number of para-hydroxylation sites is 2. The van der Waals surface area contributed by atoms with E-state index in [1.165, 1.54) is 48.5 Å². The molecule has 742 valence electrons. The van der Waals surface area contributed by atoms with E-state index in [2.05, 4.69) is 75.1 Å². The van der Waals surface area contributed by atoms with Crippen LogP contribution in [0.3, 0.4) is 0 Å². The maximum absolute atomic E-state index is 15.1. The van der Waals surface area contributed by atoms with Crippen LogP contribution in [0.4, 0.5) is 18.9 Å². The van der Waals surface area contributed by atoms with Crippen LogP contribution in [0.25, 0.3) is 10.9 Å². The molecule has 1 saturated heterocycles. The van der Waals surface area contributed by atoms with E-state index >= 15 is 9.59 Å². The molecule has 14 amide bonds. The zero-order chi connectivity index (χ0) is 101. The number of nitrogens with two attached hydrogens (primary N) is 2. The molecule has 45 nitrogen and oxygen atoms in total. The fraction of sp³-hybridized carbons (Fsp3) is 0.483. The first-order chi connectivity index (χ1) is 64.3. The number of ether oxygens (including phenoxy) is 1. The van der Waals surface area contributed by atoms with Gasteiger partial charge in [-0.05, 0) is 111 Å². The number of cyclic esters (lactones) is 1. The summed E-state index contributed by atoms with van der Waals surface area (Å²) in [7, 11) is -4.25. The fourth-order valence-electron chi connectivity index (χ4n) is 14.0. The molecule has 136 heavy (non-hydrogen) atoms. The third kappa shape index (κ3) is 36.7. The normalized spacial score (nSPS) is 20.0. The number of aromatic amines is 1. The Labute approximate surface area is 777 Å². The highest BCUT2D eigenvalue weighted by Gasteiger charge is 2.42. The van der Waals surface area contributed by atoms with Crippen LogP contribution in [-0.4, -0.2) is 257 Å². The number of hydrogen-bond acceptors (Lipinski definition) is 26. The Morgan fingerprint density at radius 1 is 0.566 bits per heavy atom. The Kier molecular flexibility index (Phi) is 44.2. The number of aliphatic hydroxyl groups excluding tert-OH is 2. The molecule has 49 heteroatoms. The zero-order valence-corrected chi connectivity index (χ0v) is 75.5. The van der Waals surface area contributed by atoms with Crippen LogP contribution in [0.1, 0.15) is 163 Å². The summed E-state index contributed by atoms with van der Waals surface area (Å²) in [5, 5.41) is 83.2. The molecule has 0 spiro atoms. The van der Waals surface area contributed by atoms with Gasteiger partial charge in [0.15, 0.2) is 5.78 Å². The number of hydrogen-bond donors (Lipinski definition) is 23. The quantitative estimate of drug-likeness (QED) is 0.00839. The highest BCUT2D eigenvalue weighted by atomic mass is 32.2. The van der Waals surface area contributed by atoms with Crippen molar-refractivity contribution in [3.05, 3.63) is 131 Å².